The van der Waals surface area contributed by atoms with Crippen LogP contribution in [0.2, 0.25) is 0 Å². The molecule has 0 saturated carbocycles. The van der Waals surface area contributed by atoms with Crippen molar-refractivity contribution in [3.8, 4) is 0 Å². The lowest BCUT2D eigenvalue weighted by molar-refractivity contribution is -0.143. The molecule has 2 aliphatic rings. The molecule has 2 aliphatic heterocycles. The summed E-state index contributed by atoms with van der Waals surface area (Å²) in [7, 11) is 0. The number of nitrogens with zero attached hydrogens (tertiary/aromatic N) is 2. The van der Waals surface area contributed by atoms with Crippen molar-refractivity contribution in [1.82, 2.24) is 9.80 Å². The van der Waals surface area contributed by atoms with Crippen LogP contribution in [0.3, 0.4) is 0 Å². The van der Waals surface area contributed by atoms with Crippen molar-refractivity contribution in [3.63, 3.8) is 0 Å². The van der Waals surface area contributed by atoms with Crippen LogP contribution in [0.4, 0.5) is 0 Å². The minimum Gasteiger partial charge on any atom is -0.388 e. The maximum Gasteiger partial charge on any atom is 0.225 e. The lowest BCUT2D eigenvalue weighted by atomic mass is 9.86. The van der Waals surface area contributed by atoms with Crippen LogP contribution < -0.4 is 0 Å². The number of carbonyl (C=O) groups excluding carboxylic acids is 2. The predicted molar refractivity (Wildman–Crippen MR) is 105 cm³/mol. The topological polar surface area (TPSA) is 60.9 Å². The highest BCUT2D eigenvalue weighted by Crippen LogP contribution is 2.32. The van der Waals surface area contributed by atoms with E-state index in [1.807, 2.05) is 54.0 Å². The van der Waals surface area contributed by atoms with Gasteiger partial charge in [0.05, 0.1) is 6.10 Å². The minimum atomic E-state index is -0.450. The molecule has 2 fully saturated rings. The molecule has 5 heteroatoms. The van der Waals surface area contributed by atoms with Gasteiger partial charge in [-0.25, -0.2) is 0 Å². The van der Waals surface area contributed by atoms with E-state index >= 15 is 0 Å². The summed E-state index contributed by atoms with van der Waals surface area (Å²) in [5.74, 6) is 0.696. The van der Waals surface area contributed by atoms with Crippen molar-refractivity contribution in [2.24, 2.45) is 17.8 Å². The number of hydrogen-bond acceptors (Lipinski definition) is 3. The summed E-state index contributed by atoms with van der Waals surface area (Å²) in [5, 5.41) is 10.6. The quantitative estimate of drug-likeness (QED) is 0.884. The highest BCUT2D eigenvalue weighted by Gasteiger charge is 2.33. The van der Waals surface area contributed by atoms with Crippen LogP contribution in [-0.4, -0.2) is 52.9 Å². The van der Waals surface area contributed by atoms with E-state index < -0.39 is 6.10 Å². The van der Waals surface area contributed by atoms with Crippen molar-refractivity contribution in [3.05, 3.63) is 35.9 Å². The lowest BCUT2D eigenvalue weighted by Crippen LogP contribution is -2.47. The van der Waals surface area contributed by atoms with Gasteiger partial charge >= 0.3 is 0 Å². The second-order valence-electron chi connectivity index (χ2n) is 8.27. The zero-order valence-electron chi connectivity index (χ0n) is 16.5. The second kappa shape index (κ2) is 8.87. The Kier molecular flexibility index (Phi) is 6.53. The Hall–Kier alpha value is -1.88. The Morgan fingerprint density at radius 2 is 1.48 bits per heavy atom. The zero-order valence-corrected chi connectivity index (χ0v) is 16.5. The van der Waals surface area contributed by atoms with Gasteiger partial charge in [0.1, 0.15) is 0 Å². The van der Waals surface area contributed by atoms with Gasteiger partial charge in [0.25, 0.3) is 0 Å². The molecule has 2 saturated heterocycles. The number of piperidine rings is 2. The lowest BCUT2D eigenvalue weighted by Gasteiger charge is -2.38. The van der Waals surface area contributed by atoms with E-state index in [9.17, 15) is 14.7 Å². The molecule has 2 heterocycles. The van der Waals surface area contributed by atoms with Gasteiger partial charge in [-0.05, 0) is 37.2 Å². The average molecular weight is 373 g/mol. The van der Waals surface area contributed by atoms with E-state index in [-0.39, 0.29) is 29.6 Å². The highest BCUT2D eigenvalue weighted by molar-refractivity contribution is 5.81. The third-order valence-corrected chi connectivity index (χ3v) is 6.09. The normalized spacial score (nSPS) is 20.7. The number of hydrogen-bond donors (Lipinski definition) is 1. The highest BCUT2D eigenvalue weighted by atomic mass is 16.3. The monoisotopic (exact) mass is 372 g/mol. The van der Waals surface area contributed by atoms with Gasteiger partial charge in [0, 0.05) is 38.0 Å². The molecule has 1 N–H and O–H groups in total. The van der Waals surface area contributed by atoms with Gasteiger partial charge < -0.3 is 14.9 Å². The summed E-state index contributed by atoms with van der Waals surface area (Å²) >= 11 is 0. The van der Waals surface area contributed by atoms with Crippen molar-refractivity contribution < 1.29 is 14.7 Å². The molecule has 0 radical (unpaired) electrons. The number of aliphatic hydroxyl groups excluding tert-OH is 1. The van der Waals surface area contributed by atoms with Crippen molar-refractivity contribution >= 4 is 11.8 Å². The van der Waals surface area contributed by atoms with Gasteiger partial charge in [-0.15, -0.1) is 0 Å². The predicted octanol–water partition coefficient (Wildman–Crippen LogP) is 2.85. The Labute approximate surface area is 162 Å². The molecule has 1 unspecified atom stereocenters. The first-order valence-corrected chi connectivity index (χ1v) is 10.3. The summed E-state index contributed by atoms with van der Waals surface area (Å²) in [6.45, 7) is 6.67. The van der Waals surface area contributed by atoms with E-state index in [0.717, 1.165) is 44.3 Å². The van der Waals surface area contributed by atoms with E-state index in [1.54, 1.807) is 0 Å². The van der Waals surface area contributed by atoms with Crippen molar-refractivity contribution in [2.45, 2.75) is 45.6 Å². The van der Waals surface area contributed by atoms with E-state index in [0.29, 0.717) is 13.1 Å². The number of rotatable bonds is 4. The molecule has 1 aromatic rings. The van der Waals surface area contributed by atoms with Gasteiger partial charge in [-0.2, -0.15) is 0 Å². The fourth-order valence-electron chi connectivity index (χ4n) is 4.33. The van der Waals surface area contributed by atoms with E-state index in [4.69, 9.17) is 0 Å². The summed E-state index contributed by atoms with van der Waals surface area (Å²) in [4.78, 5) is 28.8. The Morgan fingerprint density at radius 1 is 0.926 bits per heavy atom. The first-order valence-electron chi connectivity index (χ1n) is 10.3. The Bertz CT molecular complexity index is 630. The van der Waals surface area contributed by atoms with Crippen LogP contribution in [0.5, 0.6) is 0 Å². The fraction of sp³-hybridized carbons (Fsp3) is 0.636. The van der Waals surface area contributed by atoms with E-state index in [2.05, 4.69) is 0 Å². The number of benzene rings is 1. The number of likely N-dealkylation sites (tertiary alicyclic amines) is 2. The first-order chi connectivity index (χ1) is 13.0. The first kappa shape index (κ1) is 19.9. The molecule has 2 amide bonds. The number of amides is 2. The molecule has 0 aliphatic carbocycles. The molecule has 0 bridgehead atoms. The summed E-state index contributed by atoms with van der Waals surface area (Å²) < 4.78 is 0. The summed E-state index contributed by atoms with van der Waals surface area (Å²) in [6, 6.07) is 9.79. The molecule has 27 heavy (non-hydrogen) atoms. The minimum absolute atomic E-state index is 0.0207. The van der Waals surface area contributed by atoms with Crippen LogP contribution in [0, 0.1) is 17.8 Å². The zero-order chi connectivity index (χ0) is 19.4. The third kappa shape index (κ3) is 4.70. The molecule has 0 aromatic heterocycles. The molecule has 0 spiro atoms. The van der Waals surface area contributed by atoms with Crippen molar-refractivity contribution in [2.75, 3.05) is 26.2 Å². The molecule has 148 valence electrons. The average Bonchev–Trinajstić information content (AvgIpc) is 2.73. The van der Waals surface area contributed by atoms with Gasteiger partial charge in [-0.1, -0.05) is 44.2 Å². The second-order valence-corrected chi connectivity index (χ2v) is 8.27. The molecule has 5 nitrogen and oxygen atoms in total. The van der Waals surface area contributed by atoms with Gasteiger partial charge in [-0.3, -0.25) is 9.59 Å². The Morgan fingerprint density at radius 3 is 2.04 bits per heavy atom. The van der Waals surface area contributed by atoms with Crippen molar-refractivity contribution in [1.29, 1.82) is 0 Å². The SMILES string of the molecule is CC(C)C(=O)N1CCC(C(=O)N2CCC(C(O)c3ccccc3)CC2)CC1. The van der Waals surface area contributed by atoms with Crippen LogP contribution in [0.1, 0.15) is 51.2 Å². The van der Waals surface area contributed by atoms with Crippen LogP contribution in [0.25, 0.3) is 0 Å². The molecule has 1 atom stereocenters. The van der Waals surface area contributed by atoms with Crippen LogP contribution in [-0.2, 0) is 9.59 Å². The maximum absolute atomic E-state index is 12.9. The summed E-state index contributed by atoms with van der Waals surface area (Å²) in [5.41, 5.74) is 0.962. The maximum atomic E-state index is 12.9. The largest absolute Gasteiger partial charge is 0.388 e. The standard InChI is InChI=1S/C22H32N2O3/c1-16(2)21(26)23-14-10-19(11-15-23)22(27)24-12-8-18(9-13-24)20(25)17-6-4-3-5-7-17/h3-7,16,18-20,25H,8-15H2,1-2H3. The van der Waals surface area contributed by atoms with Crippen LogP contribution >= 0.6 is 0 Å². The molecule has 1 aromatic carbocycles. The number of aliphatic hydroxyl groups is 1. The third-order valence-electron chi connectivity index (χ3n) is 6.09. The molecular formula is C22H32N2O3. The van der Waals surface area contributed by atoms with Crippen LogP contribution in [0.15, 0.2) is 30.3 Å². The number of carbonyl (C=O) groups is 2. The summed E-state index contributed by atoms with van der Waals surface area (Å²) in [6.07, 6.45) is 2.76. The molecule has 3 rings (SSSR count). The Balaban J connectivity index is 1.47. The van der Waals surface area contributed by atoms with Gasteiger partial charge in [0.15, 0.2) is 0 Å². The smallest absolute Gasteiger partial charge is 0.225 e. The molecular weight excluding hydrogens is 340 g/mol. The fourth-order valence-corrected chi connectivity index (χ4v) is 4.33. The van der Waals surface area contributed by atoms with E-state index in [1.165, 1.54) is 0 Å². The van der Waals surface area contributed by atoms with Gasteiger partial charge in [0.2, 0.25) is 11.8 Å².